The van der Waals surface area contributed by atoms with Crippen LogP contribution in [0.5, 0.6) is 0 Å². The van der Waals surface area contributed by atoms with Crippen LogP contribution in [0.2, 0.25) is 0 Å². The standard InChI is InChI=1S/C7H8O4S2/c1-13(10,11)7-4-2-3-6(5-7)12(8)9/h2-4H,5H2,1H3. The summed E-state index contributed by atoms with van der Waals surface area (Å²) >= 11 is 0. The van der Waals surface area contributed by atoms with Gasteiger partial charge in [0.15, 0.2) is 9.84 Å². The molecule has 0 aromatic heterocycles. The fourth-order valence-electron chi connectivity index (χ4n) is 0.922. The van der Waals surface area contributed by atoms with Gasteiger partial charge in [0.1, 0.15) is 0 Å². The third-order valence-corrected chi connectivity index (χ3v) is 3.54. The molecule has 72 valence electrons. The van der Waals surface area contributed by atoms with Gasteiger partial charge in [-0.1, -0.05) is 6.08 Å². The second-order valence-electron chi connectivity index (χ2n) is 2.64. The largest absolute Gasteiger partial charge is 0.224 e. The summed E-state index contributed by atoms with van der Waals surface area (Å²) in [5.41, 5.74) is 0. The molecule has 0 heterocycles. The van der Waals surface area contributed by atoms with Gasteiger partial charge in [-0.05, 0) is 12.2 Å². The number of hydrogen-bond acceptors (Lipinski definition) is 4. The van der Waals surface area contributed by atoms with Gasteiger partial charge in [0, 0.05) is 17.6 Å². The van der Waals surface area contributed by atoms with Crippen LogP contribution >= 0.6 is 0 Å². The molecular formula is C7H8O4S2. The molecule has 0 unspecified atom stereocenters. The van der Waals surface area contributed by atoms with E-state index in [-0.39, 0.29) is 16.2 Å². The second-order valence-corrected chi connectivity index (χ2v) is 5.70. The molecule has 1 rings (SSSR count). The Balaban J connectivity index is 3.20. The zero-order chi connectivity index (χ0) is 10.1. The molecule has 0 bridgehead atoms. The molecule has 1 aliphatic rings. The van der Waals surface area contributed by atoms with Gasteiger partial charge in [-0.25, -0.2) is 8.42 Å². The van der Waals surface area contributed by atoms with Gasteiger partial charge in [0.2, 0.25) is 10.3 Å². The first-order valence-corrected chi connectivity index (χ1v) is 6.40. The molecule has 0 aliphatic heterocycles. The quantitative estimate of drug-likeness (QED) is 0.580. The van der Waals surface area contributed by atoms with Crippen LogP contribution in [0.25, 0.3) is 0 Å². The highest BCUT2D eigenvalue weighted by Gasteiger charge is 2.15. The molecule has 0 N–H and O–H groups in total. The highest BCUT2D eigenvalue weighted by atomic mass is 32.2. The maximum Gasteiger partial charge on any atom is 0.217 e. The molecule has 0 spiro atoms. The number of sulfone groups is 1. The first kappa shape index (κ1) is 10.2. The molecule has 13 heavy (non-hydrogen) atoms. The summed E-state index contributed by atoms with van der Waals surface area (Å²) in [7, 11) is -5.61. The van der Waals surface area contributed by atoms with Crippen LogP contribution in [0.1, 0.15) is 6.42 Å². The molecule has 0 atom stereocenters. The lowest BCUT2D eigenvalue weighted by molar-refractivity contribution is 0.607. The van der Waals surface area contributed by atoms with Crippen LogP contribution in [0, 0.1) is 0 Å². The van der Waals surface area contributed by atoms with Crippen LogP contribution in [0.3, 0.4) is 0 Å². The fourth-order valence-corrected chi connectivity index (χ4v) is 2.22. The molecule has 0 aromatic carbocycles. The van der Waals surface area contributed by atoms with Crippen molar-refractivity contribution < 1.29 is 16.8 Å². The minimum absolute atomic E-state index is 0.0363. The molecular weight excluding hydrogens is 212 g/mol. The van der Waals surface area contributed by atoms with Gasteiger partial charge in [0.25, 0.3) is 0 Å². The minimum Gasteiger partial charge on any atom is -0.224 e. The molecule has 0 aromatic rings. The first-order valence-electron chi connectivity index (χ1n) is 3.43. The number of hydrogen-bond donors (Lipinski definition) is 0. The molecule has 0 radical (unpaired) electrons. The summed E-state index contributed by atoms with van der Waals surface area (Å²) in [5, 5.41) is 0. The van der Waals surface area contributed by atoms with E-state index in [2.05, 4.69) is 0 Å². The molecule has 0 fully saturated rings. The first-order chi connectivity index (χ1) is 5.91. The fraction of sp³-hybridized carbons (Fsp3) is 0.286. The van der Waals surface area contributed by atoms with Gasteiger partial charge in [-0.2, -0.15) is 8.42 Å². The highest BCUT2D eigenvalue weighted by Crippen LogP contribution is 2.14. The third-order valence-electron chi connectivity index (χ3n) is 1.60. The molecule has 4 nitrogen and oxygen atoms in total. The van der Waals surface area contributed by atoms with Crippen molar-refractivity contribution in [1.29, 1.82) is 0 Å². The lowest BCUT2D eigenvalue weighted by Crippen LogP contribution is -2.09. The van der Waals surface area contributed by atoms with E-state index in [9.17, 15) is 16.8 Å². The van der Waals surface area contributed by atoms with Crippen LogP contribution in [0.4, 0.5) is 0 Å². The Morgan fingerprint density at radius 2 is 2.00 bits per heavy atom. The zero-order valence-corrected chi connectivity index (χ0v) is 8.52. The van der Waals surface area contributed by atoms with Gasteiger partial charge < -0.3 is 0 Å². The van der Waals surface area contributed by atoms with Gasteiger partial charge in [0.05, 0.1) is 4.86 Å². The summed E-state index contributed by atoms with van der Waals surface area (Å²) in [6.07, 6.45) is 5.24. The maximum absolute atomic E-state index is 11.0. The average molecular weight is 220 g/mol. The Morgan fingerprint density at radius 1 is 1.38 bits per heavy atom. The molecule has 0 saturated carbocycles. The van der Waals surface area contributed by atoms with Crippen molar-refractivity contribution in [2.24, 2.45) is 0 Å². The second kappa shape index (κ2) is 3.47. The van der Waals surface area contributed by atoms with Crippen LogP contribution in [-0.4, -0.2) is 28.0 Å². The van der Waals surface area contributed by atoms with E-state index in [0.29, 0.717) is 0 Å². The highest BCUT2D eigenvalue weighted by molar-refractivity contribution is 7.94. The van der Waals surface area contributed by atoms with Crippen molar-refractivity contribution in [3.63, 3.8) is 0 Å². The van der Waals surface area contributed by atoms with E-state index in [1.807, 2.05) is 0 Å². The predicted molar refractivity (Wildman–Crippen MR) is 50.6 cm³/mol. The summed E-state index contributed by atoms with van der Waals surface area (Å²) in [5.74, 6) is 0. The summed E-state index contributed by atoms with van der Waals surface area (Å²) in [6.45, 7) is 0. The van der Waals surface area contributed by atoms with Crippen molar-refractivity contribution in [3.05, 3.63) is 23.1 Å². The summed E-state index contributed by atoms with van der Waals surface area (Å²) in [6, 6.07) is 0. The molecule has 0 saturated heterocycles. The number of rotatable bonds is 1. The van der Waals surface area contributed by atoms with Crippen molar-refractivity contribution in [2.75, 3.05) is 6.26 Å². The Labute approximate surface area is 78.0 Å². The Hall–Kier alpha value is -0.880. The topological polar surface area (TPSA) is 68.3 Å². The van der Waals surface area contributed by atoms with E-state index in [0.717, 1.165) is 6.26 Å². The van der Waals surface area contributed by atoms with Crippen LogP contribution < -0.4 is 0 Å². The van der Waals surface area contributed by atoms with Gasteiger partial charge in [-0.15, -0.1) is 0 Å². The van der Waals surface area contributed by atoms with Gasteiger partial charge in [-0.3, -0.25) is 0 Å². The normalized spacial score (nSPS) is 17.0. The Kier molecular flexibility index (Phi) is 2.72. The summed E-state index contributed by atoms with van der Waals surface area (Å²) in [4.78, 5) is 0.233. The average Bonchev–Trinajstić information content (AvgIpc) is 2.03. The lowest BCUT2D eigenvalue weighted by atomic mass is 10.2. The van der Waals surface area contributed by atoms with Crippen molar-refractivity contribution in [3.8, 4) is 0 Å². The van der Waals surface area contributed by atoms with E-state index in [4.69, 9.17) is 0 Å². The Morgan fingerprint density at radius 3 is 2.46 bits per heavy atom. The van der Waals surface area contributed by atoms with E-state index < -0.39 is 20.1 Å². The minimum atomic E-state index is -3.28. The van der Waals surface area contributed by atoms with E-state index in [1.54, 1.807) is 0 Å². The Bertz CT molecular complexity index is 495. The smallest absolute Gasteiger partial charge is 0.217 e. The monoisotopic (exact) mass is 220 g/mol. The van der Waals surface area contributed by atoms with Crippen molar-refractivity contribution in [2.45, 2.75) is 6.42 Å². The maximum atomic E-state index is 11.0. The van der Waals surface area contributed by atoms with Crippen molar-refractivity contribution in [1.82, 2.24) is 0 Å². The van der Waals surface area contributed by atoms with Crippen molar-refractivity contribution >= 4 is 25.0 Å². The van der Waals surface area contributed by atoms with Gasteiger partial charge >= 0.3 is 0 Å². The third kappa shape index (κ3) is 2.53. The summed E-state index contributed by atoms with van der Waals surface area (Å²) < 4.78 is 43.1. The lowest BCUT2D eigenvalue weighted by Gasteiger charge is -2.05. The van der Waals surface area contributed by atoms with Crippen LogP contribution in [-0.2, 0) is 20.1 Å². The van der Waals surface area contributed by atoms with E-state index in [1.165, 1.54) is 18.2 Å². The number of allylic oxidation sites excluding steroid dienone is 4. The predicted octanol–water partition coefficient (Wildman–Crippen LogP) is -0.0737. The zero-order valence-electron chi connectivity index (χ0n) is 6.89. The van der Waals surface area contributed by atoms with E-state index >= 15 is 0 Å². The molecule has 6 heteroatoms. The van der Waals surface area contributed by atoms with Crippen LogP contribution in [0.15, 0.2) is 23.1 Å². The molecule has 1 aliphatic carbocycles. The SMILES string of the molecule is CS(=O)(=O)C1=CC=CC(=S(=O)=O)C1. The molecule has 0 amide bonds.